The average Bonchev–Trinajstić information content (AvgIpc) is 3.28. The summed E-state index contributed by atoms with van der Waals surface area (Å²) >= 11 is 7.55. The summed E-state index contributed by atoms with van der Waals surface area (Å²) in [4.78, 5) is 12.6. The van der Waals surface area contributed by atoms with E-state index in [1.807, 2.05) is 41.1 Å². The summed E-state index contributed by atoms with van der Waals surface area (Å²) < 4.78 is 19.5. The first-order valence-electron chi connectivity index (χ1n) is 10.5. The molecule has 32 heavy (non-hydrogen) atoms. The lowest BCUT2D eigenvalue weighted by Crippen LogP contribution is -2.42. The van der Waals surface area contributed by atoms with Gasteiger partial charge in [0.25, 0.3) is 0 Å². The molecule has 0 aliphatic carbocycles. The van der Waals surface area contributed by atoms with Crippen LogP contribution in [0, 0.1) is 5.82 Å². The molecule has 0 bridgehead atoms. The van der Waals surface area contributed by atoms with Crippen molar-refractivity contribution in [2.24, 2.45) is 0 Å². The van der Waals surface area contributed by atoms with Crippen molar-refractivity contribution in [2.75, 3.05) is 6.61 Å². The second kappa shape index (κ2) is 11.6. The van der Waals surface area contributed by atoms with Crippen LogP contribution in [0.3, 0.4) is 0 Å². The first-order valence-corrected chi connectivity index (χ1v) is 11.9. The van der Waals surface area contributed by atoms with E-state index in [1.165, 1.54) is 23.5 Å². The number of nitrogens with one attached hydrogen (secondary N) is 1. The molecule has 3 rings (SSSR count). The number of hydrogen-bond donors (Lipinski definition) is 2. The predicted molar refractivity (Wildman–Crippen MR) is 130 cm³/mol. The van der Waals surface area contributed by atoms with Gasteiger partial charge in [0.1, 0.15) is 5.82 Å². The Morgan fingerprint density at radius 2 is 2.00 bits per heavy atom. The summed E-state index contributed by atoms with van der Waals surface area (Å²) in [5, 5.41) is 17.5. The molecule has 0 aliphatic heterocycles. The summed E-state index contributed by atoms with van der Waals surface area (Å²) in [7, 11) is -0.731. The zero-order valence-corrected chi connectivity index (χ0v) is 19.6. The minimum atomic E-state index is -0.731. The van der Waals surface area contributed by atoms with Crippen LogP contribution in [0.15, 0.2) is 59.3 Å². The first kappa shape index (κ1) is 24.5. The molecule has 1 aromatic heterocycles. The molecule has 3 aromatic rings. The summed E-state index contributed by atoms with van der Waals surface area (Å²) in [6.45, 7) is 3.76. The number of thiophene rings is 1. The highest BCUT2D eigenvalue weighted by atomic mass is 35.5. The summed E-state index contributed by atoms with van der Waals surface area (Å²) in [5.41, 5.74) is 3.10. The van der Waals surface area contributed by atoms with E-state index >= 15 is 0 Å². The fourth-order valence-electron chi connectivity index (χ4n) is 3.74. The van der Waals surface area contributed by atoms with Crippen LogP contribution in [-0.4, -0.2) is 30.7 Å². The molecule has 0 aliphatic rings. The molecule has 8 heteroatoms. The number of carbonyl (C=O) groups is 1. The second-order valence-electron chi connectivity index (χ2n) is 7.66. The lowest BCUT2D eigenvalue weighted by molar-refractivity contribution is -0.145. The summed E-state index contributed by atoms with van der Waals surface area (Å²) in [5.74, 6) is -1.02. The minimum absolute atomic E-state index is 0.168. The van der Waals surface area contributed by atoms with E-state index in [-0.39, 0.29) is 17.8 Å². The van der Waals surface area contributed by atoms with Crippen molar-refractivity contribution in [1.29, 1.82) is 0 Å². The molecule has 1 heterocycles. The molecule has 2 aromatic carbocycles. The number of halogens is 2. The van der Waals surface area contributed by atoms with Crippen molar-refractivity contribution in [3.8, 4) is 11.1 Å². The van der Waals surface area contributed by atoms with Gasteiger partial charge in [-0.05, 0) is 78.3 Å². The van der Waals surface area contributed by atoms with Gasteiger partial charge < -0.3 is 15.0 Å². The van der Waals surface area contributed by atoms with E-state index < -0.39 is 13.0 Å². The third-order valence-corrected chi connectivity index (χ3v) is 6.13. The van der Waals surface area contributed by atoms with Crippen LogP contribution in [0.2, 0.25) is 11.8 Å². The van der Waals surface area contributed by atoms with Crippen LogP contribution in [0.25, 0.3) is 11.1 Å². The van der Waals surface area contributed by atoms with Crippen LogP contribution in [0.4, 0.5) is 4.39 Å². The van der Waals surface area contributed by atoms with Crippen molar-refractivity contribution in [1.82, 2.24) is 5.23 Å². The van der Waals surface area contributed by atoms with Gasteiger partial charge in [-0.3, -0.25) is 4.79 Å². The number of benzene rings is 2. The SMILES string of the molecule is CCOC(=O)C(C[C@@H](Cc1ccc(-c2cc(Cl)ccc2F)cc1)NB(C)O)c1ccsc1. The van der Waals surface area contributed by atoms with Crippen molar-refractivity contribution >= 4 is 36.0 Å². The molecule has 2 atom stereocenters. The number of carbonyl (C=O) groups excluding carboxylic acids is 1. The Bertz CT molecular complexity index is 1010. The average molecular weight is 474 g/mol. The zero-order valence-electron chi connectivity index (χ0n) is 18.1. The maximum Gasteiger partial charge on any atom is 0.373 e. The van der Waals surface area contributed by atoms with Gasteiger partial charge in [0.15, 0.2) is 0 Å². The van der Waals surface area contributed by atoms with Crippen molar-refractivity contribution < 1.29 is 18.9 Å². The van der Waals surface area contributed by atoms with Gasteiger partial charge in [-0.1, -0.05) is 35.9 Å². The third-order valence-electron chi connectivity index (χ3n) is 5.19. The predicted octanol–water partition coefficient (Wildman–Crippen LogP) is 5.56. The zero-order chi connectivity index (χ0) is 23.1. The topological polar surface area (TPSA) is 58.6 Å². The van der Waals surface area contributed by atoms with Gasteiger partial charge in [0.2, 0.25) is 0 Å². The van der Waals surface area contributed by atoms with E-state index in [4.69, 9.17) is 16.3 Å². The van der Waals surface area contributed by atoms with E-state index in [1.54, 1.807) is 19.8 Å². The molecule has 0 radical (unpaired) electrons. The van der Waals surface area contributed by atoms with Gasteiger partial charge in [-0.2, -0.15) is 11.3 Å². The van der Waals surface area contributed by atoms with Crippen LogP contribution in [0.1, 0.15) is 30.4 Å². The van der Waals surface area contributed by atoms with Gasteiger partial charge in [-0.15, -0.1) is 0 Å². The van der Waals surface area contributed by atoms with E-state index in [0.717, 1.165) is 16.7 Å². The quantitative estimate of drug-likeness (QED) is 0.299. The Labute approximate surface area is 197 Å². The summed E-state index contributed by atoms with van der Waals surface area (Å²) in [6.07, 6.45) is 1.06. The van der Waals surface area contributed by atoms with Gasteiger partial charge in [0, 0.05) is 16.6 Å². The highest BCUT2D eigenvalue weighted by Gasteiger charge is 2.27. The van der Waals surface area contributed by atoms with Gasteiger partial charge >= 0.3 is 13.0 Å². The minimum Gasteiger partial charge on any atom is -0.466 e. The fraction of sp³-hybridized carbons (Fsp3) is 0.292. The number of ether oxygens (including phenoxy) is 1. The molecule has 0 fully saturated rings. The monoisotopic (exact) mass is 473 g/mol. The van der Waals surface area contributed by atoms with E-state index in [2.05, 4.69) is 5.23 Å². The molecule has 1 unspecified atom stereocenters. The van der Waals surface area contributed by atoms with Crippen molar-refractivity contribution in [3.05, 3.63) is 81.3 Å². The molecule has 2 N–H and O–H groups in total. The third kappa shape index (κ3) is 6.66. The fourth-order valence-corrected chi connectivity index (χ4v) is 4.63. The maximum atomic E-state index is 14.2. The number of esters is 1. The lowest BCUT2D eigenvalue weighted by Gasteiger charge is -2.24. The van der Waals surface area contributed by atoms with Gasteiger partial charge in [-0.25, -0.2) is 4.39 Å². The van der Waals surface area contributed by atoms with Crippen LogP contribution in [-0.2, 0) is 16.0 Å². The standard InChI is InChI=1S/C24H26BClFNO3S/c1-3-31-24(29)22(18-10-11-32-15-18)14-20(28-25(2)30)12-16-4-6-17(7-5-16)21-13-19(26)8-9-23(21)27/h4-11,13,15,20,22,28,30H,3,12,14H2,1-2H3/t20-,22?/m1/s1. The van der Waals surface area contributed by atoms with Crippen LogP contribution >= 0.6 is 22.9 Å². The highest BCUT2D eigenvalue weighted by Crippen LogP contribution is 2.29. The second-order valence-corrected chi connectivity index (χ2v) is 8.88. The number of hydrogen-bond acceptors (Lipinski definition) is 5. The Morgan fingerprint density at radius 3 is 2.62 bits per heavy atom. The largest absolute Gasteiger partial charge is 0.466 e. The van der Waals surface area contributed by atoms with Gasteiger partial charge in [0.05, 0.1) is 12.5 Å². The first-order chi connectivity index (χ1) is 15.4. The van der Waals surface area contributed by atoms with Crippen molar-refractivity contribution in [3.63, 3.8) is 0 Å². The molecule has 4 nitrogen and oxygen atoms in total. The Balaban J connectivity index is 1.79. The highest BCUT2D eigenvalue weighted by molar-refractivity contribution is 7.08. The Hall–Kier alpha value is -2.19. The number of rotatable bonds is 10. The molecule has 0 saturated heterocycles. The molecular formula is C24H26BClFNO3S. The summed E-state index contributed by atoms with van der Waals surface area (Å²) in [6, 6.07) is 13.8. The molecule has 0 spiro atoms. The molecule has 0 amide bonds. The Kier molecular flexibility index (Phi) is 8.88. The molecule has 0 saturated carbocycles. The molecular weight excluding hydrogens is 448 g/mol. The Morgan fingerprint density at radius 1 is 1.25 bits per heavy atom. The van der Waals surface area contributed by atoms with E-state index in [9.17, 15) is 14.2 Å². The van der Waals surface area contributed by atoms with Crippen LogP contribution < -0.4 is 5.23 Å². The van der Waals surface area contributed by atoms with E-state index in [0.29, 0.717) is 30.0 Å². The molecule has 168 valence electrons. The van der Waals surface area contributed by atoms with Crippen LogP contribution in [0.5, 0.6) is 0 Å². The van der Waals surface area contributed by atoms with Crippen molar-refractivity contribution in [2.45, 2.75) is 38.5 Å². The maximum absolute atomic E-state index is 14.2. The smallest absolute Gasteiger partial charge is 0.373 e. The normalized spacial score (nSPS) is 12.9. The lowest BCUT2D eigenvalue weighted by atomic mass is 9.82.